The normalized spacial score (nSPS) is 18.6. The lowest BCUT2D eigenvalue weighted by Crippen LogP contribution is -2.25. The topological polar surface area (TPSA) is 20.3 Å². The summed E-state index contributed by atoms with van der Waals surface area (Å²) >= 11 is 7.79. The van der Waals surface area contributed by atoms with Gasteiger partial charge in [-0.25, -0.2) is 0 Å². The van der Waals surface area contributed by atoms with E-state index in [-0.39, 0.29) is 11.2 Å². The molecule has 0 aliphatic carbocycles. The second kappa shape index (κ2) is 5.51. The van der Waals surface area contributed by atoms with Crippen molar-refractivity contribution in [3.8, 4) is 0 Å². The van der Waals surface area contributed by atoms with Gasteiger partial charge in [0.15, 0.2) is 0 Å². The SMILES string of the molecule is CN1C(=O)C[C@H](c2cccc(Cl)c2)Sc2ccccc21. The largest absolute Gasteiger partial charge is 0.314 e. The molecule has 2 aromatic rings. The van der Waals surface area contributed by atoms with Crippen molar-refractivity contribution in [2.24, 2.45) is 0 Å². The maximum absolute atomic E-state index is 12.3. The van der Waals surface area contributed by atoms with Gasteiger partial charge in [0.2, 0.25) is 5.91 Å². The van der Waals surface area contributed by atoms with Crippen LogP contribution in [-0.2, 0) is 4.79 Å². The van der Waals surface area contributed by atoms with E-state index in [2.05, 4.69) is 6.07 Å². The fourth-order valence-corrected chi connectivity index (χ4v) is 3.85. The lowest BCUT2D eigenvalue weighted by Gasteiger charge is -2.16. The molecule has 0 saturated heterocycles. The summed E-state index contributed by atoms with van der Waals surface area (Å²) in [6.45, 7) is 0. The van der Waals surface area contributed by atoms with Gasteiger partial charge in [0.25, 0.3) is 0 Å². The second-order valence-electron chi connectivity index (χ2n) is 4.79. The minimum absolute atomic E-state index is 0.104. The van der Waals surface area contributed by atoms with E-state index in [1.165, 1.54) is 0 Å². The molecular weight excluding hydrogens is 290 g/mol. The van der Waals surface area contributed by atoms with Gasteiger partial charge in [-0.2, -0.15) is 0 Å². The number of para-hydroxylation sites is 1. The molecule has 0 aromatic heterocycles. The van der Waals surface area contributed by atoms with E-state index in [0.717, 1.165) is 16.1 Å². The maximum Gasteiger partial charge on any atom is 0.228 e. The van der Waals surface area contributed by atoms with Crippen molar-refractivity contribution in [3.05, 3.63) is 59.1 Å². The summed E-state index contributed by atoms with van der Waals surface area (Å²) in [6, 6.07) is 15.8. The molecule has 0 saturated carbocycles. The first-order valence-corrected chi connectivity index (χ1v) is 7.68. The van der Waals surface area contributed by atoms with E-state index >= 15 is 0 Å². The van der Waals surface area contributed by atoms with Crippen LogP contribution in [0.4, 0.5) is 5.69 Å². The van der Waals surface area contributed by atoms with Gasteiger partial charge in [-0.1, -0.05) is 35.9 Å². The van der Waals surface area contributed by atoms with E-state index in [1.807, 2.05) is 49.5 Å². The van der Waals surface area contributed by atoms with Crippen LogP contribution in [0.3, 0.4) is 0 Å². The van der Waals surface area contributed by atoms with E-state index < -0.39 is 0 Å². The molecule has 4 heteroatoms. The summed E-state index contributed by atoms with van der Waals surface area (Å²) in [5.41, 5.74) is 2.08. The standard InChI is InChI=1S/C16H14ClNOS/c1-18-13-7-2-3-8-14(13)20-15(10-16(18)19)11-5-4-6-12(17)9-11/h2-9,15H,10H2,1H3/t15-/m1/s1. The third kappa shape index (κ3) is 2.56. The molecule has 1 aliphatic heterocycles. The average Bonchev–Trinajstić information content (AvgIpc) is 2.58. The van der Waals surface area contributed by atoms with Crippen molar-refractivity contribution in [3.63, 3.8) is 0 Å². The molecule has 1 atom stereocenters. The van der Waals surface area contributed by atoms with Crippen molar-refractivity contribution in [2.45, 2.75) is 16.6 Å². The smallest absolute Gasteiger partial charge is 0.228 e. The summed E-state index contributed by atoms with van der Waals surface area (Å²) in [5, 5.41) is 0.814. The van der Waals surface area contributed by atoms with Gasteiger partial charge in [-0.15, -0.1) is 11.8 Å². The summed E-state index contributed by atoms with van der Waals surface area (Å²) in [6.07, 6.45) is 0.482. The highest BCUT2D eigenvalue weighted by Crippen LogP contribution is 2.45. The number of fused-ring (bicyclic) bond motifs is 1. The predicted molar refractivity (Wildman–Crippen MR) is 84.5 cm³/mol. The van der Waals surface area contributed by atoms with Crippen LogP contribution in [-0.4, -0.2) is 13.0 Å². The molecule has 0 radical (unpaired) electrons. The van der Waals surface area contributed by atoms with Crippen molar-refractivity contribution >= 4 is 35.0 Å². The number of hydrogen-bond acceptors (Lipinski definition) is 2. The lowest BCUT2D eigenvalue weighted by molar-refractivity contribution is -0.118. The fourth-order valence-electron chi connectivity index (χ4n) is 2.35. The zero-order chi connectivity index (χ0) is 14.1. The highest BCUT2D eigenvalue weighted by molar-refractivity contribution is 7.99. The molecule has 20 heavy (non-hydrogen) atoms. The Morgan fingerprint density at radius 2 is 2.00 bits per heavy atom. The second-order valence-corrected chi connectivity index (χ2v) is 6.47. The Morgan fingerprint density at radius 3 is 2.80 bits per heavy atom. The van der Waals surface area contributed by atoms with Crippen LogP contribution in [0.15, 0.2) is 53.4 Å². The maximum atomic E-state index is 12.3. The molecule has 0 bridgehead atoms. The third-order valence-corrected chi connectivity index (χ3v) is 5.01. The Morgan fingerprint density at radius 1 is 1.20 bits per heavy atom. The minimum Gasteiger partial charge on any atom is -0.314 e. The number of halogens is 1. The number of nitrogens with zero attached hydrogens (tertiary/aromatic N) is 1. The highest BCUT2D eigenvalue weighted by Gasteiger charge is 2.26. The number of anilines is 1. The van der Waals surface area contributed by atoms with Crippen molar-refractivity contribution in [2.75, 3.05) is 11.9 Å². The number of benzene rings is 2. The Balaban J connectivity index is 2.02. The molecule has 3 rings (SSSR count). The van der Waals surface area contributed by atoms with Gasteiger partial charge in [0.05, 0.1) is 5.69 Å². The Kier molecular flexibility index (Phi) is 3.72. The van der Waals surface area contributed by atoms with E-state index in [1.54, 1.807) is 16.7 Å². The van der Waals surface area contributed by atoms with Crippen LogP contribution in [0.5, 0.6) is 0 Å². The molecule has 0 fully saturated rings. The molecule has 2 nitrogen and oxygen atoms in total. The van der Waals surface area contributed by atoms with Gasteiger partial charge in [-0.05, 0) is 29.8 Å². The van der Waals surface area contributed by atoms with Crippen molar-refractivity contribution < 1.29 is 4.79 Å². The quantitative estimate of drug-likeness (QED) is 0.771. The molecule has 1 heterocycles. The van der Waals surface area contributed by atoms with Gasteiger partial charge < -0.3 is 4.90 Å². The summed E-state index contributed by atoms with van der Waals surface area (Å²) in [7, 11) is 1.84. The molecule has 0 N–H and O–H groups in total. The molecule has 1 amide bonds. The molecule has 0 spiro atoms. The number of amides is 1. The number of hydrogen-bond donors (Lipinski definition) is 0. The first-order valence-electron chi connectivity index (χ1n) is 6.43. The summed E-state index contributed by atoms with van der Waals surface area (Å²) < 4.78 is 0. The predicted octanol–water partition coefficient (Wildman–Crippen LogP) is 4.54. The number of carbonyl (C=O) groups is 1. The number of carbonyl (C=O) groups excluding carboxylic acids is 1. The molecule has 0 unspecified atom stereocenters. The lowest BCUT2D eigenvalue weighted by atomic mass is 10.1. The first-order chi connectivity index (χ1) is 9.65. The average molecular weight is 304 g/mol. The van der Waals surface area contributed by atoms with Crippen LogP contribution >= 0.6 is 23.4 Å². The number of thioether (sulfide) groups is 1. The van der Waals surface area contributed by atoms with Gasteiger partial charge in [0.1, 0.15) is 0 Å². The highest BCUT2D eigenvalue weighted by atomic mass is 35.5. The monoisotopic (exact) mass is 303 g/mol. The summed E-state index contributed by atoms with van der Waals surface area (Å²) in [4.78, 5) is 15.2. The van der Waals surface area contributed by atoms with Crippen LogP contribution in [0.1, 0.15) is 17.2 Å². The summed E-state index contributed by atoms with van der Waals surface area (Å²) in [5.74, 6) is 0.132. The fraction of sp³-hybridized carbons (Fsp3) is 0.188. The third-order valence-electron chi connectivity index (χ3n) is 3.45. The Hall–Kier alpha value is -1.45. The minimum atomic E-state index is 0.104. The van der Waals surface area contributed by atoms with Crippen LogP contribution < -0.4 is 4.90 Å². The van der Waals surface area contributed by atoms with Gasteiger partial charge in [-0.3, -0.25) is 4.79 Å². The van der Waals surface area contributed by atoms with Crippen molar-refractivity contribution in [1.82, 2.24) is 0 Å². The van der Waals surface area contributed by atoms with Crippen molar-refractivity contribution in [1.29, 1.82) is 0 Å². The van der Waals surface area contributed by atoms with Gasteiger partial charge >= 0.3 is 0 Å². The molecule has 102 valence electrons. The first kappa shape index (κ1) is 13.5. The van der Waals surface area contributed by atoms with Crippen LogP contribution in [0, 0.1) is 0 Å². The Labute approximate surface area is 127 Å². The molecular formula is C16H14ClNOS. The Bertz CT molecular complexity index is 658. The van der Waals surface area contributed by atoms with E-state index in [0.29, 0.717) is 11.4 Å². The van der Waals surface area contributed by atoms with E-state index in [9.17, 15) is 4.79 Å². The molecule has 2 aromatic carbocycles. The van der Waals surface area contributed by atoms with Crippen LogP contribution in [0.2, 0.25) is 5.02 Å². The number of rotatable bonds is 1. The van der Waals surface area contributed by atoms with Gasteiger partial charge in [0, 0.05) is 28.6 Å². The zero-order valence-electron chi connectivity index (χ0n) is 11.0. The molecule has 1 aliphatic rings. The zero-order valence-corrected chi connectivity index (χ0v) is 12.6. The van der Waals surface area contributed by atoms with Crippen LogP contribution in [0.25, 0.3) is 0 Å². The van der Waals surface area contributed by atoms with E-state index in [4.69, 9.17) is 11.6 Å².